The van der Waals surface area contributed by atoms with Crippen molar-refractivity contribution in [3.63, 3.8) is 0 Å². The quantitative estimate of drug-likeness (QED) is 0.560. The van der Waals surface area contributed by atoms with Gasteiger partial charge in [0.2, 0.25) is 5.95 Å². The largest absolute Gasteiger partial charge is 0.382 e. The third-order valence-corrected chi connectivity index (χ3v) is 2.56. The van der Waals surface area contributed by atoms with E-state index in [4.69, 9.17) is 17.2 Å². The number of hydrogen-bond acceptors (Lipinski definition) is 8. The molecule has 94 valence electrons. The number of nitrogens with zero attached hydrogens (tertiary/aromatic N) is 5. The fourth-order valence-electron chi connectivity index (χ4n) is 1.72. The van der Waals surface area contributed by atoms with Crippen LogP contribution in [0, 0.1) is 0 Å². The van der Waals surface area contributed by atoms with Gasteiger partial charge in [-0.3, -0.25) is 4.98 Å². The Hall–Kier alpha value is -3.03. The highest BCUT2D eigenvalue weighted by Gasteiger charge is 2.12. The molecule has 0 bridgehead atoms. The lowest BCUT2D eigenvalue weighted by Gasteiger charge is -2.07. The van der Waals surface area contributed by atoms with Gasteiger partial charge in [0.05, 0.1) is 0 Å². The normalized spacial score (nSPS) is 10.7. The van der Waals surface area contributed by atoms with Gasteiger partial charge in [0.25, 0.3) is 0 Å². The summed E-state index contributed by atoms with van der Waals surface area (Å²) in [6, 6.07) is 3.56. The van der Waals surface area contributed by atoms with E-state index in [1.54, 1.807) is 24.5 Å². The molecule has 3 heterocycles. The van der Waals surface area contributed by atoms with Crippen molar-refractivity contribution in [3.05, 3.63) is 24.5 Å². The standard InChI is InChI=1S/C11H10N8/c12-8-6(5-1-3-15-4-2-5)16-7-9(13)18-11(14)19-10(7)17-8/h1-4H,(H6,12,13,14,17,18,19). The Morgan fingerprint density at radius 2 is 1.53 bits per heavy atom. The molecule has 3 aromatic rings. The molecule has 3 aromatic heterocycles. The third kappa shape index (κ3) is 1.84. The number of rotatable bonds is 1. The van der Waals surface area contributed by atoms with Gasteiger partial charge in [-0.05, 0) is 12.1 Å². The smallest absolute Gasteiger partial charge is 0.224 e. The van der Waals surface area contributed by atoms with Crippen LogP contribution in [0.25, 0.3) is 22.4 Å². The number of anilines is 3. The molecular weight excluding hydrogens is 244 g/mol. The Kier molecular flexibility index (Phi) is 2.34. The molecule has 6 N–H and O–H groups in total. The first-order valence-electron chi connectivity index (χ1n) is 5.42. The minimum atomic E-state index is 0.0374. The van der Waals surface area contributed by atoms with E-state index >= 15 is 0 Å². The van der Waals surface area contributed by atoms with Crippen LogP contribution >= 0.6 is 0 Å². The molecular formula is C11H10N8. The summed E-state index contributed by atoms with van der Waals surface area (Å²) in [4.78, 5) is 20.3. The third-order valence-electron chi connectivity index (χ3n) is 2.56. The Balaban J connectivity index is 2.31. The highest BCUT2D eigenvalue weighted by atomic mass is 15.1. The fourth-order valence-corrected chi connectivity index (χ4v) is 1.72. The first-order valence-corrected chi connectivity index (χ1v) is 5.42. The number of hydrogen-bond donors (Lipinski definition) is 3. The molecule has 0 fully saturated rings. The van der Waals surface area contributed by atoms with E-state index in [1.807, 2.05) is 0 Å². The number of aromatic nitrogens is 5. The van der Waals surface area contributed by atoms with Gasteiger partial charge in [-0.1, -0.05) is 0 Å². The zero-order chi connectivity index (χ0) is 13.4. The molecule has 8 nitrogen and oxygen atoms in total. The molecule has 19 heavy (non-hydrogen) atoms. The van der Waals surface area contributed by atoms with Gasteiger partial charge >= 0.3 is 0 Å². The van der Waals surface area contributed by atoms with E-state index in [9.17, 15) is 0 Å². The molecule has 0 aliphatic rings. The van der Waals surface area contributed by atoms with E-state index in [2.05, 4.69) is 24.9 Å². The highest BCUT2D eigenvalue weighted by molar-refractivity contribution is 5.86. The molecule has 8 heteroatoms. The van der Waals surface area contributed by atoms with E-state index < -0.39 is 0 Å². The van der Waals surface area contributed by atoms with Crippen LogP contribution in [0.4, 0.5) is 17.6 Å². The number of pyridine rings is 1. The van der Waals surface area contributed by atoms with Gasteiger partial charge < -0.3 is 17.2 Å². The second kappa shape index (κ2) is 4.02. The van der Waals surface area contributed by atoms with E-state index in [0.717, 1.165) is 5.56 Å². The fraction of sp³-hybridized carbons (Fsp3) is 0. The first-order chi connectivity index (χ1) is 9.15. The molecule has 3 rings (SSSR count). The second-order valence-electron chi connectivity index (χ2n) is 3.83. The van der Waals surface area contributed by atoms with Crippen LogP contribution in [0.5, 0.6) is 0 Å². The lowest BCUT2D eigenvalue weighted by Crippen LogP contribution is -2.06. The molecule has 0 spiro atoms. The predicted molar refractivity (Wildman–Crippen MR) is 71.6 cm³/mol. The topological polar surface area (TPSA) is 143 Å². The Labute approximate surface area is 107 Å². The van der Waals surface area contributed by atoms with Gasteiger partial charge in [-0.25, -0.2) is 9.97 Å². The van der Waals surface area contributed by atoms with Crippen molar-refractivity contribution < 1.29 is 0 Å². The molecule has 0 saturated carbocycles. The van der Waals surface area contributed by atoms with Crippen LogP contribution in [0.3, 0.4) is 0 Å². The monoisotopic (exact) mass is 254 g/mol. The van der Waals surface area contributed by atoms with Crippen molar-refractivity contribution in [2.24, 2.45) is 0 Å². The Morgan fingerprint density at radius 3 is 2.26 bits per heavy atom. The summed E-state index contributed by atoms with van der Waals surface area (Å²) < 4.78 is 0. The number of fused-ring (bicyclic) bond motifs is 1. The summed E-state index contributed by atoms with van der Waals surface area (Å²) in [6.07, 6.45) is 3.28. The lowest BCUT2D eigenvalue weighted by molar-refractivity contribution is 1.17. The summed E-state index contributed by atoms with van der Waals surface area (Å²) in [7, 11) is 0. The lowest BCUT2D eigenvalue weighted by atomic mass is 10.2. The van der Waals surface area contributed by atoms with Crippen molar-refractivity contribution in [1.29, 1.82) is 0 Å². The van der Waals surface area contributed by atoms with Crippen LogP contribution in [-0.4, -0.2) is 24.9 Å². The molecule has 0 aliphatic heterocycles. The zero-order valence-corrected chi connectivity index (χ0v) is 9.78. The molecule has 0 aromatic carbocycles. The van der Waals surface area contributed by atoms with Crippen LogP contribution in [-0.2, 0) is 0 Å². The van der Waals surface area contributed by atoms with Crippen LogP contribution < -0.4 is 17.2 Å². The van der Waals surface area contributed by atoms with E-state index in [1.165, 1.54) is 0 Å². The van der Waals surface area contributed by atoms with Gasteiger partial charge in [0.15, 0.2) is 22.8 Å². The second-order valence-corrected chi connectivity index (χ2v) is 3.83. The van der Waals surface area contributed by atoms with Gasteiger partial charge in [0.1, 0.15) is 5.69 Å². The van der Waals surface area contributed by atoms with Gasteiger partial charge in [0, 0.05) is 18.0 Å². The number of nitrogens with two attached hydrogens (primary N) is 3. The molecule has 0 unspecified atom stereocenters. The highest BCUT2D eigenvalue weighted by Crippen LogP contribution is 2.25. The minimum Gasteiger partial charge on any atom is -0.382 e. The molecule has 0 aliphatic carbocycles. The summed E-state index contributed by atoms with van der Waals surface area (Å²) >= 11 is 0. The van der Waals surface area contributed by atoms with Gasteiger partial charge in [-0.2, -0.15) is 9.97 Å². The maximum Gasteiger partial charge on any atom is 0.224 e. The average Bonchev–Trinajstić information content (AvgIpc) is 2.38. The summed E-state index contributed by atoms with van der Waals surface area (Å²) in [6.45, 7) is 0. The Bertz CT molecular complexity index is 755. The van der Waals surface area contributed by atoms with Crippen LogP contribution in [0.1, 0.15) is 0 Å². The summed E-state index contributed by atoms with van der Waals surface area (Å²) in [5.74, 6) is 0.455. The summed E-state index contributed by atoms with van der Waals surface area (Å²) in [5.41, 5.74) is 19.1. The molecule has 0 saturated heterocycles. The van der Waals surface area contributed by atoms with Crippen LogP contribution in [0.15, 0.2) is 24.5 Å². The number of nitrogen functional groups attached to an aromatic ring is 3. The molecule has 0 amide bonds. The van der Waals surface area contributed by atoms with Crippen molar-refractivity contribution in [3.8, 4) is 11.3 Å². The maximum absolute atomic E-state index is 5.88. The average molecular weight is 254 g/mol. The molecule has 0 radical (unpaired) electrons. The van der Waals surface area contributed by atoms with Crippen molar-refractivity contribution in [1.82, 2.24) is 24.9 Å². The maximum atomic E-state index is 5.88. The van der Waals surface area contributed by atoms with Crippen molar-refractivity contribution in [2.75, 3.05) is 17.2 Å². The molecule has 0 atom stereocenters. The van der Waals surface area contributed by atoms with Crippen LogP contribution in [0.2, 0.25) is 0 Å². The first kappa shape index (κ1) is 11.1. The predicted octanol–water partition coefficient (Wildman–Crippen LogP) is 0.228. The van der Waals surface area contributed by atoms with E-state index in [-0.39, 0.29) is 23.2 Å². The van der Waals surface area contributed by atoms with Gasteiger partial charge in [-0.15, -0.1) is 0 Å². The minimum absolute atomic E-state index is 0.0374. The zero-order valence-electron chi connectivity index (χ0n) is 9.78. The van der Waals surface area contributed by atoms with E-state index in [0.29, 0.717) is 11.2 Å². The summed E-state index contributed by atoms with van der Waals surface area (Å²) in [5, 5.41) is 0. The SMILES string of the molecule is Nc1nc(N)c2nc(-c3ccncc3)c(N)nc2n1. The van der Waals surface area contributed by atoms with Crippen molar-refractivity contribution >= 4 is 28.7 Å². The Morgan fingerprint density at radius 1 is 0.789 bits per heavy atom. The van der Waals surface area contributed by atoms with Crippen molar-refractivity contribution in [2.45, 2.75) is 0 Å².